The minimum Gasteiger partial charge on any atom is -0.352 e. The topological polar surface area (TPSA) is 72.7 Å². The molecule has 7 heteroatoms. The minimum absolute atomic E-state index is 0.0554. The number of thioether (sulfide) groups is 1. The van der Waals surface area contributed by atoms with Crippen molar-refractivity contribution in [3.63, 3.8) is 0 Å². The highest BCUT2D eigenvalue weighted by molar-refractivity contribution is 7.99. The second-order valence-electron chi connectivity index (χ2n) is 6.84. The summed E-state index contributed by atoms with van der Waals surface area (Å²) in [6.45, 7) is 6.30. The Morgan fingerprint density at radius 3 is 2.72 bits per heavy atom. The van der Waals surface area contributed by atoms with E-state index in [9.17, 15) is 4.79 Å². The van der Waals surface area contributed by atoms with Gasteiger partial charge in [-0.05, 0) is 54.2 Å². The summed E-state index contributed by atoms with van der Waals surface area (Å²) in [6.07, 6.45) is 4.75. The standard InChI is InChI=1S/C18H25N5OS/c1-12-7-4-5-10-15(12)19-16(24)11-25-18-20-21-22-23(18)17-13(2)8-6-9-14(17)3/h6,8-9,12,15H,4-5,7,10-11H2,1-3H3,(H,19,24). The maximum atomic E-state index is 12.3. The molecule has 1 heterocycles. The highest BCUT2D eigenvalue weighted by atomic mass is 32.2. The van der Waals surface area contributed by atoms with Crippen LogP contribution in [0.25, 0.3) is 5.69 Å². The summed E-state index contributed by atoms with van der Waals surface area (Å²) in [6, 6.07) is 6.39. The van der Waals surface area contributed by atoms with Crippen LogP contribution in [0.3, 0.4) is 0 Å². The first-order valence-electron chi connectivity index (χ1n) is 8.83. The molecule has 1 N–H and O–H groups in total. The monoisotopic (exact) mass is 359 g/mol. The van der Waals surface area contributed by atoms with Gasteiger partial charge in [-0.15, -0.1) is 5.10 Å². The fraction of sp³-hybridized carbons (Fsp3) is 0.556. The van der Waals surface area contributed by atoms with Crippen molar-refractivity contribution < 1.29 is 4.79 Å². The lowest BCUT2D eigenvalue weighted by atomic mass is 9.86. The smallest absolute Gasteiger partial charge is 0.230 e. The number of para-hydroxylation sites is 1. The zero-order valence-corrected chi connectivity index (χ0v) is 15.8. The van der Waals surface area contributed by atoms with Crippen molar-refractivity contribution in [2.45, 2.75) is 57.7 Å². The Bertz CT molecular complexity index is 725. The summed E-state index contributed by atoms with van der Waals surface area (Å²) in [5, 5.41) is 15.8. The van der Waals surface area contributed by atoms with Crippen molar-refractivity contribution in [2.75, 3.05) is 5.75 Å². The number of amides is 1. The third kappa shape index (κ3) is 4.21. The van der Waals surface area contributed by atoms with Gasteiger partial charge >= 0.3 is 0 Å². The van der Waals surface area contributed by atoms with E-state index in [1.807, 2.05) is 32.0 Å². The van der Waals surface area contributed by atoms with Crippen LogP contribution in [-0.2, 0) is 4.79 Å². The molecule has 1 aliphatic rings. The molecule has 1 aliphatic carbocycles. The van der Waals surface area contributed by atoms with Gasteiger partial charge in [0.2, 0.25) is 11.1 Å². The van der Waals surface area contributed by atoms with Crippen LogP contribution in [-0.4, -0.2) is 37.9 Å². The minimum atomic E-state index is 0.0554. The number of carbonyl (C=O) groups is 1. The maximum Gasteiger partial charge on any atom is 0.230 e. The number of tetrazole rings is 1. The number of benzene rings is 1. The molecule has 0 bridgehead atoms. The van der Waals surface area contributed by atoms with E-state index in [0.717, 1.165) is 23.2 Å². The Hall–Kier alpha value is -1.89. The van der Waals surface area contributed by atoms with Crippen molar-refractivity contribution in [3.8, 4) is 5.69 Å². The van der Waals surface area contributed by atoms with Crippen molar-refractivity contribution >= 4 is 17.7 Å². The Labute approximate surface area is 152 Å². The van der Waals surface area contributed by atoms with Crippen molar-refractivity contribution in [1.29, 1.82) is 0 Å². The third-order valence-corrected chi connectivity index (χ3v) is 5.80. The quantitative estimate of drug-likeness (QED) is 0.831. The lowest BCUT2D eigenvalue weighted by Crippen LogP contribution is -2.41. The van der Waals surface area contributed by atoms with Crippen molar-refractivity contribution in [1.82, 2.24) is 25.5 Å². The lowest BCUT2D eigenvalue weighted by Gasteiger charge is -2.29. The number of aromatic nitrogens is 4. The highest BCUT2D eigenvalue weighted by Gasteiger charge is 2.23. The van der Waals surface area contributed by atoms with Crippen LogP contribution in [0.2, 0.25) is 0 Å². The molecule has 1 aromatic heterocycles. The first-order valence-corrected chi connectivity index (χ1v) is 9.82. The van der Waals surface area contributed by atoms with Gasteiger partial charge in [-0.1, -0.05) is 49.7 Å². The summed E-state index contributed by atoms with van der Waals surface area (Å²) in [5.41, 5.74) is 3.19. The van der Waals surface area contributed by atoms with Crippen LogP contribution < -0.4 is 5.32 Å². The molecule has 2 atom stereocenters. The third-order valence-electron chi connectivity index (χ3n) is 4.88. The molecule has 2 unspecified atom stereocenters. The Kier molecular flexibility index (Phi) is 5.73. The van der Waals surface area contributed by atoms with Crippen LogP contribution >= 0.6 is 11.8 Å². The molecule has 2 aromatic rings. The van der Waals surface area contributed by atoms with Gasteiger partial charge in [0.1, 0.15) is 0 Å². The first kappa shape index (κ1) is 17.9. The molecule has 1 fully saturated rings. The van der Waals surface area contributed by atoms with Gasteiger partial charge in [-0.2, -0.15) is 4.68 Å². The molecule has 0 aliphatic heterocycles. The molecule has 0 saturated heterocycles. The Morgan fingerprint density at radius 2 is 2.00 bits per heavy atom. The first-order chi connectivity index (χ1) is 12.1. The van der Waals surface area contributed by atoms with E-state index in [1.54, 1.807) is 4.68 Å². The van der Waals surface area contributed by atoms with E-state index < -0.39 is 0 Å². The molecular weight excluding hydrogens is 334 g/mol. The predicted octanol–water partition coefficient (Wildman–Crippen LogP) is 3.07. The number of carbonyl (C=O) groups excluding carboxylic acids is 1. The molecule has 3 rings (SSSR count). The molecule has 1 amide bonds. The van der Waals surface area contributed by atoms with Crippen LogP contribution in [0.1, 0.15) is 43.7 Å². The summed E-state index contributed by atoms with van der Waals surface area (Å²) in [5.74, 6) is 0.941. The zero-order valence-electron chi connectivity index (χ0n) is 15.0. The summed E-state index contributed by atoms with van der Waals surface area (Å²) in [7, 11) is 0. The molecular formula is C18H25N5OS. The van der Waals surface area contributed by atoms with E-state index in [1.165, 1.54) is 31.0 Å². The van der Waals surface area contributed by atoms with Crippen LogP contribution in [0.15, 0.2) is 23.4 Å². The van der Waals surface area contributed by atoms with Gasteiger partial charge in [0.25, 0.3) is 0 Å². The van der Waals surface area contributed by atoms with Crippen molar-refractivity contribution in [3.05, 3.63) is 29.3 Å². The normalized spacial score (nSPS) is 20.4. The van der Waals surface area contributed by atoms with Crippen LogP contribution in [0, 0.1) is 19.8 Å². The SMILES string of the molecule is Cc1cccc(C)c1-n1nnnc1SCC(=O)NC1CCCCC1C. The number of hydrogen-bond donors (Lipinski definition) is 1. The maximum absolute atomic E-state index is 12.3. The molecule has 1 saturated carbocycles. The largest absolute Gasteiger partial charge is 0.352 e. The number of rotatable bonds is 5. The van der Waals surface area contributed by atoms with E-state index in [4.69, 9.17) is 0 Å². The second-order valence-corrected chi connectivity index (χ2v) is 7.78. The Morgan fingerprint density at radius 1 is 1.28 bits per heavy atom. The zero-order chi connectivity index (χ0) is 17.8. The molecule has 134 valence electrons. The fourth-order valence-electron chi connectivity index (χ4n) is 3.46. The number of aryl methyl sites for hydroxylation is 2. The van der Waals surface area contributed by atoms with E-state index in [0.29, 0.717) is 22.9 Å². The fourth-order valence-corrected chi connectivity index (χ4v) is 4.15. The predicted molar refractivity (Wildman–Crippen MR) is 98.9 cm³/mol. The van der Waals surface area contributed by atoms with Gasteiger partial charge in [0.05, 0.1) is 11.4 Å². The van der Waals surface area contributed by atoms with Gasteiger partial charge in [-0.25, -0.2) is 0 Å². The molecule has 1 aromatic carbocycles. The molecule has 6 nitrogen and oxygen atoms in total. The number of hydrogen-bond acceptors (Lipinski definition) is 5. The van der Waals surface area contributed by atoms with Gasteiger partial charge in [0.15, 0.2) is 0 Å². The number of nitrogens with zero attached hydrogens (tertiary/aromatic N) is 4. The van der Waals surface area contributed by atoms with Gasteiger partial charge in [-0.3, -0.25) is 4.79 Å². The summed E-state index contributed by atoms with van der Waals surface area (Å²) < 4.78 is 1.73. The Balaban J connectivity index is 1.65. The summed E-state index contributed by atoms with van der Waals surface area (Å²) >= 11 is 1.38. The molecule has 0 spiro atoms. The van der Waals surface area contributed by atoms with Crippen LogP contribution in [0.4, 0.5) is 0 Å². The van der Waals surface area contributed by atoms with Crippen molar-refractivity contribution in [2.24, 2.45) is 5.92 Å². The van der Waals surface area contributed by atoms with Gasteiger partial charge in [0, 0.05) is 6.04 Å². The van der Waals surface area contributed by atoms with Gasteiger partial charge < -0.3 is 5.32 Å². The molecule has 25 heavy (non-hydrogen) atoms. The average molecular weight is 359 g/mol. The number of nitrogens with one attached hydrogen (secondary N) is 1. The second kappa shape index (κ2) is 7.99. The average Bonchev–Trinajstić information content (AvgIpc) is 3.03. The summed E-state index contributed by atoms with van der Waals surface area (Å²) in [4.78, 5) is 12.3. The van der Waals surface area contributed by atoms with E-state index >= 15 is 0 Å². The lowest BCUT2D eigenvalue weighted by molar-refractivity contribution is -0.119. The van der Waals surface area contributed by atoms with Crippen LogP contribution in [0.5, 0.6) is 0 Å². The van der Waals surface area contributed by atoms with E-state index in [2.05, 4.69) is 27.8 Å². The highest BCUT2D eigenvalue weighted by Crippen LogP contribution is 2.25. The molecule has 0 radical (unpaired) electrons. The van der Waals surface area contributed by atoms with E-state index in [-0.39, 0.29) is 5.91 Å².